The summed E-state index contributed by atoms with van der Waals surface area (Å²) >= 11 is 0. The molecule has 6 heteroatoms. The van der Waals surface area contributed by atoms with E-state index in [1.807, 2.05) is 0 Å². The van der Waals surface area contributed by atoms with E-state index < -0.39 is 29.9 Å². The second kappa shape index (κ2) is 5.40. The van der Waals surface area contributed by atoms with Crippen molar-refractivity contribution < 1.29 is 28.1 Å². The van der Waals surface area contributed by atoms with Crippen molar-refractivity contribution in [2.45, 2.75) is 31.3 Å². The van der Waals surface area contributed by atoms with Crippen LogP contribution in [0, 0.1) is 11.6 Å². The summed E-state index contributed by atoms with van der Waals surface area (Å²) in [6.07, 6.45) is -1.98. The van der Waals surface area contributed by atoms with Crippen molar-refractivity contribution in [3.8, 4) is 5.75 Å². The highest BCUT2D eigenvalue weighted by atomic mass is 19.2. The molecule has 1 heterocycles. The molecule has 0 bridgehead atoms. The lowest BCUT2D eigenvalue weighted by Gasteiger charge is -2.22. The van der Waals surface area contributed by atoms with Gasteiger partial charge in [0.05, 0.1) is 25.2 Å². The highest BCUT2D eigenvalue weighted by Crippen LogP contribution is 2.41. The minimum atomic E-state index is -1.15. The quantitative estimate of drug-likeness (QED) is 0.913. The van der Waals surface area contributed by atoms with Gasteiger partial charge in [-0.2, -0.15) is 4.39 Å². The Hall–Kier alpha value is -1.24. The van der Waals surface area contributed by atoms with E-state index in [9.17, 15) is 13.9 Å². The Kier molecular flexibility index (Phi) is 4.03. The van der Waals surface area contributed by atoms with Crippen LogP contribution in [-0.2, 0) is 9.47 Å². The predicted molar refractivity (Wildman–Crippen MR) is 63.0 cm³/mol. The maximum Gasteiger partial charge on any atom is 0.200 e. The zero-order valence-electron chi connectivity index (χ0n) is 10.9. The van der Waals surface area contributed by atoms with Crippen LogP contribution in [0.25, 0.3) is 0 Å². The van der Waals surface area contributed by atoms with Crippen LogP contribution < -0.4 is 4.74 Å². The van der Waals surface area contributed by atoms with Crippen molar-refractivity contribution in [3.63, 3.8) is 0 Å². The van der Waals surface area contributed by atoms with E-state index in [0.717, 1.165) is 6.07 Å². The molecule has 0 saturated carbocycles. The van der Waals surface area contributed by atoms with E-state index in [1.165, 1.54) is 20.3 Å². The van der Waals surface area contributed by atoms with Crippen molar-refractivity contribution in [2.75, 3.05) is 14.2 Å². The number of methoxy groups -OCH3 is 2. The molecule has 1 N–H and O–H groups in total. The van der Waals surface area contributed by atoms with Gasteiger partial charge in [0.1, 0.15) is 0 Å². The van der Waals surface area contributed by atoms with Crippen LogP contribution in [-0.4, -0.2) is 37.8 Å². The van der Waals surface area contributed by atoms with Crippen molar-refractivity contribution in [1.82, 2.24) is 0 Å². The van der Waals surface area contributed by atoms with Gasteiger partial charge in [0, 0.05) is 12.7 Å². The lowest BCUT2D eigenvalue weighted by atomic mass is 9.91. The minimum absolute atomic E-state index is 0.233. The van der Waals surface area contributed by atoms with Crippen LogP contribution in [0.4, 0.5) is 8.78 Å². The third-order valence-corrected chi connectivity index (χ3v) is 3.39. The average molecular weight is 274 g/mol. The second-order valence-corrected chi connectivity index (χ2v) is 4.44. The maximum atomic E-state index is 13.7. The first-order valence-corrected chi connectivity index (χ1v) is 5.89. The number of ether oxygens (including phenoxy) is 3. The number of aliphatic hydroxyl groups is 1. The molecule has 0 spiro atoms. The summed E-state index contributed by atoms with van der Waals surface area (Å²) in [6.45, 7) is 1.74. The highest BCUT2D eigenvalue weighted by Gasteiger charge is 2.44. The fourth-order valence-corrected chi connectivity index (χ4v) is 2.52. The smallest absolute Gasteiger partial charge is 0.200 e. The minimum Gasteiger partial charge on any atom is -0.493 e. The zero-order valence-corrected chi connectivity index (χ0v) is 10.9. The van der Waals surface area contributed by atoms with Gasteiger partial charge in [-0.15, -0.1) is 0 Å². The average Bonchev–Trinajstić information content (AvgIpc) is 2.66. The fourth-order valence-electron chi connectivity index (χ4n) is 2.52. The Bertz CT molecular complexity index is 466. The van der Waals surface area contributed by atoms with Gasteiger partial charge in [-0.25, -0.2) is 4.39 Å². The van der Waals surface area contributed by atoms with E-state index in [2.05, 4.69) is 0 Å². The lowest BCUT2D eigenvalue weighted by Crippen LogP contribution is -2.27. The van der Waals surface area contributed by atoms with Gasteiger partial charge >= 0.3 is 0 Å². The van der Waals surface area contributed by atoms with Gasteiger partial charge in [-0.05, 0) is 13.0 Å². The summed E-state index contributed by atoms with van der Waals surface area (Å²) in [5.41, 5.74) is 0.324. The van der Waals surface area contributed by atoms with Crippen molar-refractivity contribution >= 4 is 0 Å². The molecule has 1 aliphatic heterocycles. The molecule has 19 heavy (non-hydrogen) atoms. The van der Waals surface area contributed by atoms with E-state index in [-0.39, 0.29) is 11.9 Å². The van der Waals surface area contributed by atoms with Crippen molar-refractivity contribution in [2.24, 2.45) is 0 Å². The molecule has 4 nitrogen and oxygen atoms in total. The zero-order chi connectivity index (χ0) is 14.2. The molecule has 1 aromatic rings. The third-order valence-electron chi connectivity index (χ3n) is 3.39. The van der Waals surface area contributed by atoms with E-state index in [0.29, 0.717) is 5.56 Å². The standard InChI is InChI=1S/C13H16F2O4/c1-6-11(17-2)9(13(16)19-6)7-4-5-8(14)10(15)12(7)18-3/h4-6,9,11,13,16H,1-3H3/t6-,9+,11+,13?/m0/s1. The predicted octanol–water partition coefficient (Wildman–Crippen LogP) is 1.81. The van der Waals surface area contributed by atoms with E-state index in [4.69, 9.17) is 14.2 Å². The molecule has 1 saturated heterocycles. The Morgan fingerprint density at radius 2 is 1.95 bits per heavy atom. The summed E-state index contributed by atoms with van der Waals surface area (Å²) in [4.78, 5) is 0. The van der Waals surface area contributed by atoms with Crippen LogP contribution in [0.3, 0.4) is 0 Å². The number of benzene rings is 1. The number of hydrogen-bond acceptors (Lipinski definition) is 4. The van der Waals surface area contributed by atoms with Crippen molar-refractivity contribution in [3.05, 3.63) is 29.3 Å². The first kappa shape index (κ1) is 14.2. The van der Waals surface area contributed by atoms with Crippen LogP contribution in [0.1, 0.15) is 18.4 Å². The fraction of sp³-hybridized carbons (Fsp3) is 0.538. The van der Waals surface area contributed by atoms with Crippen LogP contribution in [0.15, 0.2) is 12.1 Å². The largest absolute Gasteiger partial charge is 0.493 e. The molecule has 0 aromatic heterocycles. The van der Waals surface area contributed by atoms with Crippen LogP contribution in [0.5, 0.6) is 5.75 Å². The summed E-state index contributed by atoms with van der Waals surface area (Å²) in [6, 6.07) is 2.37. The highest BCUT2D eigenvalue weighted by molar-refractivity contribution is 5.40. The number of hydrogen-bond donors (Lipinski definition) is 1. The summed E-state index contributed by atoms with van der Waals surface area (Å²) < 4.78 is 42.4. The Balaban J connectivity index is 2.49. The Labute approximate surface area is 109 Å². The summed E-state index contributed by atoms with van der Waals surface area (Å²) in [5.74, 6) is -2.95. The molecular formula is C13H16F2O4. The topological polar surface area (TPSA) is 47.9 Å². The molecule has 1 unspecified atom stereocenters. The number of rotatable bonds is 3. The summed E-state index contributed by atoms with van der Waals surface area (Å²) in [5, 5.41) is 9.92. The Morgan fingerprint density at radius 1 is 1.26 bits per heavy atom. The second-order valence-electron chi connectivity index (χ2n) is 4.44. The van der Waals surface area contributed by atoms with Gasteiger partial charge in [0.2, 0.25) is 5.82 Å². The van der Waals surface area contributed by atoms with Gasteiger partial charge < -0.3 is 19.3 Å². The SMILES string of the molecule is COc1c([C@H]2C(O)O[C@@H](C)[C@H]2OC)ccc(F)c1F. The molecule has 0 amide bonds. The monoisotopic (exact) mass is 274 g/mol. The molecule has 2 rings (SSSR count). The van der Waals surface area contributed by atoms with Gasteiger partial charge in [-0.3, -0.25) is 0 Å². The van der Waals surface area contributed by atoms with E-state index >= 15 is 0 Å². The van der Waals surface area contributed by atoms with Gasteiger partial charge in [0.15, 0.2) is 17.9 Å². The number of halogens is 2. The van der Waals surface area contributed by atoms with Crippen molar-refractivity contribution in [1.29, 1.82) is 0 Å². The first-order chi connectivity index (χ1) is 9.01. The molecule has 1 aromatic carbocycles. The van der Waals surface area contributed by atoms with Crippen LogP contribution >= 0.6 is 0 Å². The molecule has 1 fully saturated rings. The molecule has 0 radical (unpaired) electrons. The molecule has 106 valence electrons. The maximum absolute atomic E-state index is 13.7. The first-order valence-electron chi connectivity index (χ1n) is 5.89. The molecule has 4 atom stereocenters. The van der Waals surface area contributed by atoms with Gasteiger partial charge in [-0.1, -0.05) is 6.07 Å². The third kappa shape index (κ3) is 2.31. The normalized spacial score (nSPS) is 30.6. The van der Waals surface area contributed by atoms with E-state index in [1.54, 1.807) is 6.92 Å². The lowest BCUT2D eigenvalue weighted by molar-refractivity contribution is -0.0950. The Morgan fingerprint density at radius 3 is 2.53 bits per heavy atom. The van der Waals surface area contributed by atoms with Crippen LogP contribution in [0.2, 0.25) is 0 Å². The summed E-state index contributed by atoms with van der Waals surface area (Å²) in [7, 11) is 2.72. The molecular weight excluding hydrogens is 258 g/mol. The molecule has 1 aliphatic rings. The molecule has 0 aliphatic carbocycles. The number of aliphatic hydroxyl groups excluding tert-OH is 1. The van der Waals surface area contributed by atoms with Gasteiger partial charge in [0.25, 0.3) is 0 Å².